The molecule has 3 aromatic rings. The molecule has 3 aromatic carbocycles. The van der Waals surface area contributed by atoms with Crippen LogP contribution in [0, 0.1) is 11.7 Å². The van der Waals surface area contributed by atoms with Gasteiger partial charge < -0.3 is 15.0 Å². The van der Waals surface area contributed by atoms with Crippen LogP contribution in [0.4, 0.5) is 10.1 Å². The van der Waals surface area contributed by atoms with Gasteiger partial charge in [-0.1, -0.05) is 30.3 Å². The van der Waals surface area contributed by atoms with Crippen molar-refractivity contribution in [1.82, 2.24) is 5.32 Å². The average Bonchev–Trinajstić information content (AvgIpc) is 3.67. The molecule has 0 saturated heterocycles. The fourth-order valence-electron chi connectivity index (χ4n) is 3.63. The molecule has 0 unspecified atom stereocenters. The van der Waals surface area contributed by atoms with E-state index in [1.807, 2.05) is 24.3 Å². The molecule has 1 fully saturated rings. The van der Waals surface area contributed by atoms with Crippen LogP contribution in [0.25, 0.3) is 0 Å². The molecule has 0 spiro atoms. The van der Waals surface area contributed by atoms with Crippen LogP contribution in [0.3, 0.4) is 0 Å². The largest absolute Gasteiger partial charge is 0.497 e. The minimum absolute atomic E-state index is 0.0248. The van der Waals surface area contributed by atoms with E-state index >= 15 is 0 Å². The first-order valence-electron chi connectivity index (χ1n) is 11.1. The molecule has 33 heavy (non-hydrogen) atoms. The molecule has 0 aliphatic heterocycles. The smallest absolute Gasteiger partial charge is 0.258 e. The Hall–Kier alpha value is -3.67. The van der Waals surface area contributed by atoms with E-state index in [9.17, 15) is 14.0 Å². The highest BCUT2D eigenvalue weighted by molar-refractivity contribution is 6.06. The third kappa shape index (κ3) is 6.19. The van der Waals surface area contributed by atoms with Gasteiger partial charge in [-0.3, -0.25) is 9.59 Å². The van der Waals surface area contributed by atoms with Gasteiger partial charge in [-0.2, -0.15) is 0 Å². The van der Waals surface area contributed by atoms with E-state index in [0.717, 1.165) is 17.7 Å². The zero-order valence-electron chi connectivity index (χ0n) is 18.6. The minimum Gasteiger partial charge on any atom is -0.497 e. The molecule has 170 valence electrons. The fraction of sp³-hybridized carbons (Fsp3) is 0.259. The van der Waals surface area contributed by atoms with Gasteiger partial charge in [0.05, 0.1) is 20.1 Å². The Morgan fingerprint density at radius 3 is 2.48 bits per heavy atom. The molecule has 0 radical (unpaired) electrons. The number of nitrogens with one attached hydrogen (secondary N) is 1. The van der Waals surface area contributed by atoms with E-state index in [4.69, 9.17) is 4.74 Å². The van der Waals surface area contributed by atoms with Crippen LogP contribution >= 0.6 is 0 Å². The number of amides is 2. The number of benzene rings is 3. The maximum absolute atomic E-state index is 13.5. The van der Waals surface area contributed by atoms with Crippen molar-refractivity contribution in [1.29, 1.82) is 0 Å². The topological polar surface area (TPSA) is 58.6 Å². The molecular weight excluding hydrogens is 419 g/mol. The van der Waals surface area contributed by atoms with Gasteiger partial charge in [0.25, 0.3) is 5.91 Å². The van der Waals surface area contributed by atoms with Gasteiger partial charge in [0.1, 0.15) is 11.6 Å². The highest BCUT2D eigenvalue weighted by atomic mass is 19.1. The number of carbonyl (C=O) groups is 2. The molecule has 1 aliphatic rings. The second-order valence-electron chi connectivity index (χ2n) is 8.34. The molecular formula is C27H27FN2O3. The fourth-order valence-corrected chi connectivity index (χ4v) is 3.63. The molecule has 0 heterocycles. The Morgan fingerprint density at radius 2 is 1.76 bits per heavy atom. The van der Waals surface area contributed by atoms with Gasteiger partial charge in [0.2, 0.25) is 5.91 Å². The average molecular weight is 447 g/mol. The predicted octanol–water partition coefficient (Wildman–Crippen LogP) is 4.75. The number of hydrogen-bond acceptors (Lipinski definition) is 3. The molecule has 1 aliphatic carbocycles. The number of anilines is 1. The lowest BCUT2D eigenvalue weighted by molar-refractivity contribution is -0.120. The number of methoxy groups -OCH3 is 1. The lowest BCUT2D eigenvalue weighted by Gasteiger charge is -2.24. The normalized spacial score (nSPS) is 12.8. The molecule has 0 aromatic heterocycles. The number of nitrogens with zero attached hydrogens (tertiary/aromatic N) is 1. The summed E-state index contributed by atoms with van der Waals surface area (Å²) >= 11 is 0. The lowest BCUT2D eigenvalue weighted by Crippen LogP contribution is -2.31. The van der Waals surface area contributed by atoms with Crippen molar-refractivity contribution in [2.24, 2.45) is 5.92 Å². The number of halogens is 1. The Labute approximate surface area is 193 Å². The quantitative estimate of drug-likeness (QED) is 0.516. The maximum atomic E-state index is 13.5. The summed E-state index contributed by atoms with van der Waals surface area (Å²) in [4.78, 5) is 27.5. The molecule has 0 bridgehead atoms. The van der Waals surface area contributed by atoms with E-state index in [1.54, 1.807) is 48.4 Å². The summed E-state index contributed by atoms with van der Waals surface area (Å²) in [5.74, 6) is 0.635. The number of ether oxygens (including phenoxy) is 1. The zero-order chi connectivity index (χ0) is 23.2. The van der Waals surface area contributed by atoms with Crippen molar-refractivity contribution in [3.05, 3.63) is 95.3 Å². The summed E-state index contributed by atoms with van der Waals surface area (Å²) in [6.07, 6.45) is 2.61. The third-order valence-electron chi connectivity index (χ3n) is 5.69. The summed E-state index contributed by atoms with van der Waals surface area (Å²) in [5, 5.41) is 2.98. The standard InChI is InChI=1S/C27H27FN2O3/c1-33-25-7-3-5-22(16-25)27(32)30(18-20-10-12-23(28)13-11-20)24-6-2-4-21(14-24)15-26(31)29-17-19-8-9-19/h2-7,10-14,16,19H,8-9,15,17-18H2,1H3,(H,29,31). The van der Waals surface area contributed by atoms with Crippen LogP contribution in [0.5, 0.6) is 5.75 Å². The molecule has 0 atom stereocenters. The van der Waals surface area contributed by atoms with Gasteiger partial charge >= 0.3 is 0 Å². The maximum Gasteiger partial charge on any atom is 0.258 e. The number of carbonyl (C=O) groups excluding carboxylic acids is 2. The third-order valence-corrected chi connectivity index (χ3v) is 5.69. The van der Waals surface area contributed by atoms with E-state index in [2.05, 4.69) is 5.32 Å². The summed E-state index contributed by atoms with van der Waals surface area (Å²) in [6.45, 7) is 0.983. The van der Waals surface area contributed by atoms with Gasteiger partial charge in [0, 0.05) is 17.8 Å². The monoisotopic (exact) mass is 446 g/mol. The highest BCUT2D eigenvalue weighted by Gasteiger charge is 2.22. The molecule has 1 saturated carbocycles. The minimum atomic E-state index is -0.330. The Morgan fingerprint density at radius 1 is 1.00 bits per heavy atom. The molecule has 2 amide bonds. The second-order valence-corrected chi connectivity index (χ2v) is 8.34. The first-order chi connectivity index (χ1) is 16.0. The van der Waals surface area contributed by atoms with Crippen LogP contribution in [0.2, 0.25) is 0 Å². The predicted molar refractivity (Wildman–Crippen MR) is 126 cm³/mol. The number of rotatable bonds is 9. The van der Waals surface area contributed by atoms with Gasteiger partial charge in [-0.25, -0.2) is 4.39 Å². The van der Waals surface area contributed by atoms with Gasteiger partial charge in [-0.05, 0) is 72.4 Å². The van der Waals surface area contributed by atoms with E-state index in [-0.39, 0.29) is 30.6 Å². The van der Waals surface area contributed by atoms with Crippen LogP contribution in [-0.2, 0) is 17.8 Å². The summed E-state index contributed by atoms with van der Waals surface area (Å²) in [6, 6.07) is 20.5. The van der Waals surface area contributed by atoms with Crippen LogP contribution in [0.15, 0.2) is 72.8 Å². The number of hydrogen-bond donors (Lipinski definition) is 1. The Bertz CT molecular complexity index is 1130. The summed E-state index contributed by atoms with van der Waals surface area (Å²) in [7, 11) is 1.55. The van der Waals surface area contributed by atoms with Gasteiger partial charge in [-0.15, -0.1) is 0 Å². The van der Waals surface area contributed by atoms with Crippen molar-refractivity contribution in [2.45, 2.75) is 25.8 Å². The van der Waals surface area contributed by atoms with Crippen molar-refractivity contribution >= 4 is 17.5 Å². The zero-order valence-corrected chi connectivity index (χ0v) is 18.6. The van der Waals surface area contributed by atoms with E-state index < -0.39 is 0 Å². The van der Waals surface area contributed by atoms with Crippen molar-refractivity contribution in [3.8, 4) is 5.75 Å². The van der Waals surface area contributed by atoms with Crippen molar-refractivity contribution in [2.75, 3.05) is 18.6 Å². The van der Waals surface area contributed by atoms with E-state index in [0.29, 0.717) is 22.9 Å². The summed E-state index contributed by atoms with van der Waals surface area (Å²) < 4.78 is 18.7. The lowest BCUT2D eigenvalue weighted by atomic mass is 10.1. The Balaban J connectivity index is 1.59. The summed E-state index contributed by atoms with van der Waals surface area (Å²) in [5.41, 5.74) is 2.76. The van der Waals surface area contributed by atoms with Crippen LogP contribution in [-0.4, -0.2) is 25.5 Å². The Kier molecular flexibility index (Phi) is 7.03. The first kappa shape index (κ1) is 22.5. The van der Waals surface area contributed by atoms with Crippen LogP contribution < -0.4 is 15.0 Å². The SMILES string of the molecule is COc1cccc(C(=O)N(Cc2ccc(F)cc2)c2cccc(CC(=O)NCC3CC3)c2)c1. The highest BCUT2D eigenvalue weighted by Crippen LogP contribution is 2.27. The van der Waals surface area contributed by atoms with Crippen LogP contribution in [0.1, 0.15) is 34.3 Å². The molecule has 5 nitrogen and oxygen atoms in total. The first-order valence-corrected chi connectivity index (χ1v) is 11.1. The van der Waals surface area contributed by atoms with Crippen molar-refractivity contribution in [3.63, 3.8) is 0 Å². The second kappa shape index (κ2) is 10.3. The molecule has 1 N–H and O–H groups in total. The van der Waals surface area contributed by atoms with E-state index in [1.165, 1.54) is 25.0 Å². The molecule has 4 rings (SSSR count). The van der Waals surface area contributed by atoms with Crippen molar-refractivity contribution < 1.29 is 18.7 Å². The van der Waals surface area contributed by atoms with Gasteiger partial charge in [0.15, 0.2) is 0 Å². The molecule has 6 heteroatoms.